The lowest BCUT2D eigenvalue weighted by atomic mass is 10.3. The number of H-pyrrole nitrogens is 1. The van der Waals surface area contributed by atoms with E-state index in [-0.39, 0.29) is 17.6 Å². The Hall–Kier alpha value is -1.71. The minimum absolute atomic E-state index is 0.112. The third-order valence-electron chi connectivity index (χ3n) is 2.87. The van der Waals surface area contributed by atoms with Crippen LogP contribution in [0.2, 0.25) is 0 Å². The van der Waals surface area contributed by atoms with Crippen LogP contribution in [0.25, 0.3) is 0 Å². The fourth-order valence-electron chi connectivity index (χ4n) is 1.77. The van der Waals surface area contributed by atoms with E-state index < -0.39 is 10.0 Å². The normalized spacial score (nSPS) is 12.1. The van der Waals surface area contributed by atoms with Crippen molar-refractivity contribution in [3.63, 3.8) is 0 Å². The van der Waals surface area contributed by atoms with Gasteiger partial charge in [-0.25, -0.2) is 18.1 Å². The number of hydrogen-bond acceptors (Lipinski definition) is 5. The number of nitrogens with one attached hydrogen (secondary N) is 3. The number of aromatic nitrogens is 4. The Balaban J connectivity index is 1.97. The first kappa shape index (κ1) is 15.7. The molecule has 3 N–H and O–H groups in total. The molecule has 116 valence electrons. The van der Waals surface area contributed by atoms with Crippen LogP contribution in [0.4, 0.5) is 0 Å². The van der Waals surface area contributed by atoms with Crippen molar-refractivity contribution in [1.82, 2.24) is 29.8 Å². The molecule has 0 unspecified atom stereocenters. The molecule has 0 saturated carbocycles. The van der Waals surface area contributed by atoms with Crippen molar-refractivity contribution in [2.45, 2.75) is 38.0 Å². The standard InChI is InChI=1S/C12H20N6O2S/c1-10(2)14-7-11-8-15-17-12(11)21(19,20)16-4-6-18-5-3-13-9-18/h3,5,8-10,14,16H,4,6-7H2,1-2H3,(H,15,17). The third kappa shape index (κ3) is 4.38. The summed E-state index contributed by atoms with van der Waals surface area (Å²) in [5.74, 6) is 0. The smallest absolute Gasteiger partial charge is 0.257 e. The molecule has 0 radical (unpaired) electrons. The number of nitrogens with zero attached hydrogens (tertiary/aromatic N) is 3. The van der Waals surface area contributed by atoms with Crippen LogP contribution in [-0.2, 0) is 23.1 Å². The first-order chi connectivity index (χ1) is 9.99. The van der Waals surface area contributed by atoms with Gasteiger partial charge in [0.05, 0.1) is 12.5 Å². The Morgan fingerprint density at radius 1 is 1.43 bits per heavy atom. The Labute approximate surface area is 124 Å². The minimum Gasteiger partial charge on any atom is -0.336 e. The third-order valence-corrected chi connectivity index (χ3v) is 4.34. The van der Waals surface area contributed by atoms with Crippen LogP contribution >= 0.6 is 0 Å². The van der Waals surface area contributed by atoms with E-state index in [9.17, 15) is 8.42 Å². The molecule has 2 aromatic heterocycles. The van der Waals surface area contributed by atoms with Crippen LogP contribution in [0.1, 0.15) is 19.4 Å². The molecular formula is C12H20N6O2S. The zero-order valence-electron chi connectivity index (χ0n) is 12.1. The van der Waals surface area contributed by atoms with Gasteiger partial charge in [0, 0.05) is 43.6 Å². The van der Waals surface area contributed by atoms with Gasteiger partial charge in [0.15, 0.2) is 5.03 Å². The lowest BCUT2D eigenvalue weighted by Crippen LogP contribution is -2.29. The van der Waals surface area contributed by atoms with Crippen molar-refractivity contribution in [3.05, 3.63) is 30.5 Å². The average Bonchev–Trinajstić information content (AvgIpc) is 3.07. The summed E-state index contributed by atoms with van der Waals surface area (Å²) in [6.45, 7) is 5.25. The summed E-state index contributed by atoms with van der Waals surface area (Å²) in [6, 6.07) is 0.268. The summed E-state index contributed by atoms with van der Waals surface area (Å²) in [5, 5.41) is 9.67. The van der Waals surface area contributed by atoms with E-state index in [0.29, 0.717) is 18.7 Å². The Bertz CT molecular complexity index is 647. The zero-order chi connectivity index (χ0) is 15.3. The highest BCUT2D eigenvalue weighted by atomic mass is 32.2. The number of sulfonamides is 1. The summed E-state index contributed by atoms with van der Waals surface area (Å²) in [5.41, 5.74) is 0.624. The predicted octanol–water partition coefficient (Wildman–Crippen LogP) is 0.0827. The van der Waals surface area contributed by atoms with E-state index in [1.54, 1.807) is 23.3 Å². The predicted molar refractivity (Wildman–Crippen MR) is 78.0 cm³/mol. The number of imidazole rings is 1. The van der Waals surface area contributed by atoms with Crippen molar-refractivity contribution in [3.8, 4) is 0 Å². The average molecular weight is 312 g/mol. The highest BCUT2D eigenvalue weighted by Gasteiger charge is 2.20. The van der Waals surface area contributed by atoms with Crippen molar-refractivity contribution in [1.29, 1.82) is 0 Å². The summed E-state index contributed by atoms with van der Waals surface area (Å²) in [4.78, 5) is 3.90. The quantitative estimate of drug-likeness (QED) is 0.640. The van der Waals surface area contributed by atoms with Crippen molar-refractivity contribution in [2.75, 3.05) is 6.54 Å². The van der Waals surface area contributed by atoms with Crippen LogP contribution in [0, 0.1) is 0 Å². The molecular weight excluding hydrogens is 292 g/mol. The molecule has 0 fully saturated rings. The lowest BCUT2D eigenvalue weighted by Gasteiger charge is -2.10. The van der Waals surface area contributed by atoms with E-state index in [1.165, 1.54) is 6.20 Å². The number of rotatable bonds is 8. The highest BCUT2D eigenvalue weighted by molar-refractivity contribution is 7.89. The molecule has 0 atom stereocenters. The molecule has 0 aromatic carbocycles. The van der Waals surface area contributed by atoms with E-state index in [1.807, 2.05) is 13.8 Å². The maximum absolute atomic E-state index is 12.3. The first-order valence-corrected chi connectivity index (χ1v) is 8.18. The highest BCUT2D eigenvalue weighted by Crippen LogP contribution is 2.11. The van der Waals surface area contributed by atoms with Gasteiger partial charge >= 0.3 is 0 Å². The molecule has 0 saturated heterocycles. The van der Waals surface area contributed by atoms with Crippen molar-refractivity contribution in [2.24, 2.45) is 0 Å². The second kappa shape index (κ2) is 6.83. The molecule has 2 heterocycles. The summed E-state index contributed by atoms with van der Waals surface area (Å²) in [6.07, 6.45) is 6.60. The summed E-state index contributed by atoms with van der Waals surface area (Å²) >= 11 is 0. The van der Waals surface area contributed by atoms with Gasteiger partial charge < -0.3 is 9.88 Å². The van der Waals surface area contributed by atoms with Crippen molar-refractivity contribution < 1.29 is 8.42 Å². The van der Waals surface area contributed by atoms with E-state index in [4.69, 9.17) is 0 Å². The fourth-order valence-corrected chi connectivity index (χ4v) is 2.92. The first-order valence-electron chi connectivity index (χ1n) is 6.70. The van der Waals surface area contributed by atoms with Gasteiger partial charge in [-0.15, -0.1) is 0 Å². The molecule has 9 heteroatoms. The van der Waals surface area contributed by atoms with Gasteiger partial charge in [-0.1, -0.05) is 13.8 Å². The fraction of sp³-hybridized carbons (Fsp3) is 0.500. The van der Waals surface area contributed by atoms with E-state index in [2.05, 4.69) is 25.2 Å². The number of aromatic amines is 1. The van der Waals surface area contributed by atoms with Crippen LogP contribution in [0.3, 0.4) is 0 Å². The van der Waals surface area contributed by atoms with Crippen molar-refractivity contribution >= 4 is 10.0 Å². The maximum Gasteiger partial charge on any atom is 0.257 e. The van der Waals surface area contributed by atoms with Gasteiger partial charge in [0.25, 0.3) is 10.0 Å². The van der Waals surface area contributed by atoms with Crippen LogP contribution in [0.5, 0.6) is 0 Å². The monoisotopic (exact) mass is 312 g/mol. The van der Waals surface area contributed by atoms with Gasteiger partial charge in [-0.3, -0.25) is 5.10 Å². The molecule has 0 amide bonds. The van der Waals surface area contributed by atoms with Gasteiger partial charge in [0.2, 0.25) is 0 Å². The largest absolute Gasteiger partial charge is 0.336 e. The molecule has 2 rings (SSSR count). The maximum atomic E-state index is 12.3. The Morgan fingerprint density at radius 3 is 2.90 bits per heavy atom. The molecule has 8 nitrogen and oxygen atoms in total. The molecule has 0 aliphatic carbocycles. The number of hydrogen-bond donors (Lipinski definition) is 3. The van der Waals surface area contributed by atoms with Gasteiger partial charge in [-0.05, 0) is 0 Å². The topological polar surface area (TPSA) is 105 Å². The summed E-state index contributed by atoms with van der Waals surface area (Å²) < 4.78 is 28.9. The molecule has 0 aliphatic rings. The second-order valence-corrected chi connectivity index (χ2v) is 6.66. The van der Waals surface area contributed by atoms with Gasteiger partial charge in [-0.2, -0.15) is 5.10 Å². The molecule has 0 spiro atoms. The molecule has 2 aromatic rings. The zero-order valence-corrected chi connectivity index (χ0v) is 12.9. The van der Waals surface area contributed by atoms with E-state index in [0.717, 1.165) is 0 Å². The van der Waals surface area contributed by atoms with Crippen LogP contribution in [-0.4, -0.2) is 40.8 Å². The van der Waals surface area contributed by atoms with Crippen LogP contribution < -0.4 is 10.0 Å². The Morgan fingerprint density at radius 2 is 2.24 bits per heavy atom. The van der Waals surface area contributed by atoms with Crippen LogP contribution in [0.15, 0.2) is 29.9 Å². The molecule has 0 aliphatic heterocycles. The lowest BCUT2D eigenvalue weighted by molar-refractivity contribution is 0.559. The minimum atomic E-state index is -3.59. The second-order valence-electron chi connectivity index (χ2n) is 4.96. The summed E-state index contributed by atoms with van der Waals surface area (Å²) in [7, 11) is -3.59. The molecule has 0 bridgehead atoms. The molecule has 21 heavy (non-hydrogen) atoms. The van der Waals surface area contributed by atoms with E-state index >= 15 is 0 Å². The van der Waals surface area contributed by atoms with Gasteiger partial charge in [0.1, 0.15) is 0 Å². The SMILES string of the molecule is CC(C)NCc1cn[nH]c1S(=O)(=O)NCCn1ccnc1. The Kier molecular flexibility index (Phi) is 5.10.